The van der Waals surface area contributed by atoms with Gasteiger partial charge in [-0.15, -0.1) is 0 Å². The lowest BCUT2D eigenvalue weighted by Gasteiger charge is -2.13. The first kappa shape index (κ1) is 16.5. The second-order valence-electron chi connectivity index (χ2n) is 4.49. The van der Waals surface area contributed by atoms with Crippen LogP contribution in [-0.4, -0.2) is 8.42 Å². The highest BCUT2D eigenvalue weighted by Gasteiger charge is 2.19. The summed E-state index contributed by atoms with van der Waals surface area (Å²) in [5.41, 5.74) is 7.78. The Hall–Kier alpha value is -0.890. The predicted molar refractivity (Wildman–Crippen MR) is 91.7 cm³/mol. The zero-order valence-corrected chi connectivity index (χ0v) is 15.2. The number of nitrogens with two attached hydrogens (primary N) is 1. The highest BCUT2D eigenvalue weighted by Crippen LogP contribution is 2.28. The van der Waals surface area contributed by atoms with E-state index in [2.05, 4.69) is 36.6 Å². The molecule has 2 aromatic carbocycles. The molecule has 2 aromatic rings. The zero-order valence-electron chi connectivity index (χ0n) is 11.2. The van der Waals surface area contributed by atoms with Gasteiger partial charge in [-0.05, 0) is 58.2 Å². The maximum Gasteiger partial charge on any atom is 0.263 e. The van der Waals surface area contributed by atoms with Gasteiger partial charge in [0.15, 0.2) is 0 Å². The van der Waals surface area contributed by atoms with Crippen molar-refractivity contribution in [3.05, 3.63) is 56.5 Å². The molecule has 0 saturated heterocycles. The van der Waals surface area contributed by atoms with Gasteiger partial charge < -0.3 is 5.73 Å². The quantitative estimate of drug-likeness (QED) is 0.770. The number of sulfonamides is 1. The molecule has 21 heavy (non-hydrogen) atoms. The molecule has 0 aromatic heterocycles. The number of hydrogen-bond donors (Lipinski definition) is 2. The van der Waals surface area contributed by atoms with Crippen LogP contribution in [-0.2, 0) is 16.6 Å². The molecular formula is C14H14Br2N2O2S. The summed E-state index contributed by atoms with van der Waals surface area (Å²) in [6.07, 6.45) is 0. The van der Waals surface area contributed by atoms with E-state index < -0.39 is 10.0 Å². The fraction of sp³-hybridized carbons (Fsp3) is 0.143. The van der Waals surface area contributed by atoms with Crippen molar-refractivity contribution in [3.63, 3.8) is 0 Å². The molecular weight excluding hydrogens is 420 g/mol. The summed E-state index contributed by atoms with van der Waals surface area (Å²) in [5.74, 6) is 0. The molecule has 3 N–H and O–H groups in total. The molecule has 2 rings (SSSR count). The molecule has 0 unspecified atom stereocenters. The van der Waals surface area contributed by atoms with Crippen LogP contribution < -0.4 is 10.5 Å². The predicted octanol–water partition coefficient (Wildman–Crippen LogP) is 3.78. The lowest BCUT2D eigenvalue weighted by Crippen LogP contribution is -2.14. The molecule has 0 heterocycles. The third kappa shape index (κ3) is 3.66. The highest BCUT2D eigenvalue weighted by molar-refractivity contribution is 9.10. The SMILES string of the molecule is Cc1c(Br)cccc1NS(=O)(=O)c1ccc(CN)cc1Br. The van der Waals surface area contributed by atoms with Gasteiger partial charge in [-0.2, -0.15) is 0 Å². The Labute approximate surface area is 141 Å². The van der Waals surface area contributed by atoms with Crippen molar-refractivity contribution in [2.24, 2.45) is 5.73 Å². The van der Waals surface area contributed by atoms with Crippen LogP contribution in [0, 0.1) is 6.92 Å². The van der Waals surface area contributed by atoms with Gasteiger partial charge in [-0.25, -0.2) is 8.42 Å². The highest BCUT2D eigenvalue weighted by atomic mass is 79.9. The fourth-order valence-electron chi connectivity index (χ4n) is 1.81. The molecule has 0 aliphatic carbocycles. The molecule has 0 spiro atoms. The van der Waals surface area contributed by atoms with Crippen LogP contribution in [0.4, 0.5) is 5.69 Å². The minimum Gasteiger partial charge on any atom is -0.326 e. The standard InChI is InChI=1S/C14H14Br2N2O2S/c1-9-11(15)3-2-4-13(9)18-21(19,20)14-6-5-10(8-17)7-12(14)16/h2-7,18H,8,17H2,1H3. The van der Waals surface area contributed by atoms with Crippen molar-refractivity contribution in [2.75, 3.05) is 4.72 Å². The molecule has 0 bridgehead atoms. The molecule has 0 amide bonds. The minimum atomic E-state index is -3.67. The molecule has 0 fully saturated rings. The van der Waals surface area contributed by atoms with E-state index in [1.165, 1.54) is 0 Å². The number of benzene rings is 2. The fourth-order valence-corrected chi connectivity index (χ4v) is 4.42. The van der Waals surface area contributed by atoms with Crippen LogP contribution >= 0.6 is 31.9 Å². The Morgan fingerprint density at radius 2 is 1.86 bits per heavy atom. The molecule has 7 heteroatoms. The molecule has 4 nitrogen and oxygen atoms in total. The zero-order chi connectivity index (χ0) is 15.6. The Bertz CT molecular complexity index is 777. The van der Waals surface area contributed by atoms with E-state index in [-0.39, 0.29) is 4.90 Å². The van der Waals surface area contributed by atoms with Gasteiger partial charge in [0.2, 0.25) is 0 Å². The summed E-state index contributed by atoms with van der Waals surface area (Å²) < 4.78 is 28.9. The van der Waals surface area contributed by atoms with Crippen LogP contribution in [0.1, 0.15) is 11.1 Å². The molecule has 0 radical (unpaired) electrons. The van der Waals surface area contributed by atoms with Crippen molar-refractivity contribution < 1.29 is 8.42 Å². The Kier molecular flexibility index (Phi) is 5.08. The van der Waals surface area contributed by atoms with Gasteiger partial charge in [-0.1, -0.05) is 28.1 Å². The van der Waals surface area contributed by atoms with E-state index in [0.29, 0.717) is 16.7 Å². The Balaban J connectivity index is 2.41. The van der Waals surface area contributed by atoms with Crippen LogP contribution in [0.2, 0.25) is 0 Å². The third-order valence-electron chi connectivity index (χ3n) is 3.03. The summed E-state index contributed by atoms with van der Waals surface area (Å²) >= 11 is 6.67. The number of nitrogens with one attached hydrogen (secondary N) is 1. The second-order valence-corrected chi connectivity index (χ2v) is 7.85. The van der Waals surface area contributed by atoms with Gasteiger partial charge in [-0.3, -0.25) is 4.72 Å². The molecule has 0 aliphatic heterocycles. The summed E-state index contributed by atoms with van der Waals surface area (Å²) in [6, 6.07) is 10.3. The average Bonchev–Trinajstić information content (AvgIpc) is 2.43. The van der Waals surface area contributed by atoms with Crippen molar-refractivity contribution >= 4 is 47.6 Å². The van der Waals surface area contributed by atoms with E-state index in [9.17, 15) is 8.42 Å². The maximum atomic E-state index is 12.5. The van der Waals surface area contributed by atoms with E-state index in [1.807, 2.05) is 13.0 Å². The van der Waals surface area contributed by atoms with E-state index >= 15 is 0 Å². The first-order valence-corrected chi connectivity index (χ1v) is 9.18. The Morgan fingerprint density at radius 1 is 1.14 bits per heavy atom. The summed E-state index contributed by atoms with van der Waals surface area (Å²) in [6.45, 7) is 2.20. The number of halogens is 2. The average molecular weight is 434 g/mol. The number of rotatable bonds is 4. The van der Waals surface area contributed by atoms with Crippen LogP contribution in [0.15, 0.2) is 50.2 Å². The maximum absolute atomic E-state index is 12.5. The third-order valence-corrected chi connectivity index (χ3v) is 6.23. The van der Waals surface area contributed by atoms with Crippen LogP contribution in [0.3, 0.4) is 0 Å². The summed E-state index contributed by atoms with van der Waals surface area (Å²) in [7, 11) is -3.67. The van der Waals surface area contributed by atoms with Gasteiger partial charge >= 0.3 is 0 Å². The molecule has 0 saturated carbocycles. The Morgan fingerprint density at radius 3 is 2.48 bits per heavy atom. The van der Waals surface area contributed by atoms with Crippen LogP contribution in [0.5, 0.6) is 0 Å². The van der Waals surface area contributed by atoms with Gasteiger partial charge in [0.05, 0.1) is 5.69 Å². The largest absolute Gasteiger partial charge is 0.326 e. The van der Waals surface area contributed by atoms with Crippen molar-refractivity contribution in [1.29, 1.82) is 0 Å². The van der Waals surface area contributed by atoms with Gasteiger partial charge in [0.1, 0.15) is 4.90 Å². The number of hydrogen-bond acceptors (Lipinski definition) is 3. The lowest BCUT2D eigenvalue weighted by molar-refractivity contribution is 0.600. The van der Waals surface area contributed by atoms with Crippen LogP contribution in [0.25, 0.3) is 0 Å². The second kappa shape index (κ2) is 6.48. The first-order valence-electron chi connectivity index (χ1n) is 6.11. The van der Waals surface area contributed by atoms with Crippen molar-refractivity contribution in [3.8, 4) is 0 Å². The minimum absolute atomic E-state index is 0.180. The molecule has 0 aliphatic rings. The monoisotopic (exact) mass is 432 g/mol. The van der Waals surface area contributed by atoms with E-state index in [0.717, 1.165) is 15.6 Å². The van der Waals surface area contributed by atoms with Crippen molar-refractivity contribution in [1.82, 2.24) is 0 Å². The summed E-state index contributed by atoms with van der Waals surface area (Å²) in [4.78, 5) is 0.180. The van der Waals surface area contributed by atoms with Gasteiger partial charge in [0, 0.05) is 15.5 Å². The van der Waals surface area contributed by atoms with E-state index in [1.54, 1.807) is 30.3 Å². The first-order chi connectivity index (χ1) is 9.85. The lowest BCUT2D eigenvalue weighted by atomic mass is 10.2. The topological polar surface area (TPSA) is 72.2 Å². The summed E-state index contributed by atoms with van der Waals surface area (Å²) in [5, 5.41) is 0. The normalized spacial score (nSPS) is 11.4. The van der Waals surface area contributed by atoms with Crippen molar-refractivity contribution in [2.45, 2.75) is 18.4 Å². The number of anilines is 1. The van der Waals surface area contributed by atoms with E-state index in [4.69, 9.17) is 5.73 Å². The smallest absolute Gasteiger partial charge is 0.263 e. The van der Waals surface area contributed by atoms with Gasteiger partial charge in [0.25, 0.3) is 10.0 Å². The molecule has 112 valence electrons. The molecule has 0 atom stereocenters.